The fourth-order valence-electron chi connectivity index (χ4n) is 1.47. The first-order valence-electron chi connectivity index (χ1n) is 6.04. The minimum atomic E-state index is -0.355. The molecule has 0 fully saturated rings. The van der Waals surface area contributed by atoms with Gasteiger partial charge in [0.1, 0.15) is 11.4 Å². The van der Waals surface area contributed by atoms with E-state index in [0.717, 1.165) is 0 Å². The Morgan fingerprint density at radius 2 is 2.24 bits per heavy atom. The van der Waals surface area contributed by atoms with E-state index in [4.69, 9.17) is 10.5 Å². The van der Waals surface area contributed by atoms with Crippen molar-refractivity contribution in [2.75, 3.05) is 24.7 Å². The summed E-state index contributed by atoms with van der Waals surface area (Å²) in [4.78, 5) is 26.9. The third-order valence-corrected chi connectivity index (χ3v) is 3.17. The highest BCUT2D eigenvalue weighted by Gasteiger charge is 2.10. The Kier molecular flexibility index (Phi) is 4.72. The number of aromatic nitrogens is 1. The fraction of sp³-hybridized carbons (Fsp3) is 0.154. The van der Waals surface area contributed by atoms with Crippen LogP contribution >= 0.6 is 11.3 Å². The second-order valence-corrected chi connectivity index (χ2v) is 4.90. The maximum Gasteiger partial charge on any atom is 0.275 e. The minimum Gasteiger partial charge on any atom is -0.484 e. The number of ether oxygens (including phenoxy) is 1. The van der Waals surface area contributed by atoms with Crippen molar-refractivity contribution in [2.45, 2.75) is 0 Å². The number of carbonyl (C=O) groups excluding carboxylic acids is 2. The Morgan fingerprint density at radius 3 is 2.90 bits per heavy atom. The quantitative estimate of drug-likeness (QED) is 0.767. The Balaban J connectivity index is 2.00. The molecular weight excluding hydrogens is 292 g/mol. The molecule has 0 atom stereocenters. The standard InChI is InChI=1S/C13H14N4O3S/c1-15-11(18)6-20-9-4-2-3-8(5-9)16-12(19)10-7-21-13(14)17-10/h2-5,7H,6H2,1H3,(H2,14,17)(H,15,18)(H,16,19). The van der Waals surface area contributed by atoms with Crippen molar-refractivity contribution in [1.29, 1.82) is 0 Å². The predicted octanol–water partition coefficient (Wildman–Crippen LogP) is 1.10. The van der Waals surface area contributed by atoms with E-state index < -0.39 is 0 Å². The third-order valence-electron chi connectivity index (χ3n) is 2.50. The van der Waals surface area contributed by atoms with Crippen LogP contribution in [0.25, 0.3) is 0 Å². The van der Waals surface area contributed by atoms with Gasteiger partial charge in [0.2, 0.25) is 0 Å². The lowest BCUT2D eigenvalue weighted by atomic mass is 10.3. The third kappa shape index (κ3) is 4.18. The van der Waals surface area contributed by atoms with Gasteiger partial charge in [-0.3, -0.25) is 9.59 Å². The van der Waals surface area contributed by atoms with Crippen LogP contribution in [0, 0.1) is 0 Å². The summed E-state index contributed by atoms with van der Waals surface area (Å²) >= 11 is 1.20. The van der Waals surface area contributed by atoms with E-state index in [9.17, 15) is 9.59 Å². The molecule has 2 aromatic rings. The molecule has 1 aromatic carbocycles. The zero-order valence-electron chi connectivity index (χ0n) is 11.3. The van der Waals surface area contributed by atoms with E-state index in [1.165, 1.54) is 18.4 Å². The monoisotopic (exact) mass is 306 g/mol. The second-order valence-electron chi connectivity index (χ2n) is 4.01. The van der Waals surface area contributed by atoms with Crippen molar-refractivity contribution in [1.82, 2.24) is 10.3 Å². The molecule has 1 heterocycles. The zero-order chi connectivity index (χ0) is 15.2. The van der Waals surface area contributed by atoms with Gasteiger partial charge in [0.25, 0.3) is 11.8 Å². The first kappa shape index (κ1) is 14.8. The molecule has 0 aliphatic heterocycles. The van der Waals surface area contributed by atoms with Crippen LogP contribution in [-0.2, 0) is 4.79 Å². The van der Waals surface area contributed by atoms with E-state index in [1.807, 2.05) is 0 Å². The molecule has 0 bridgehead atoms. The SMILES string of the molecule is CNC(=O)COc1cccc(NC(=O)c2csc(N)n2)c1. The van der Waals surface area contributed by atoms with Gasteiger partial charge in [-0.05, 0) is 12.1 Å². The molecular formula is C13H14N4O3S. The van der Waals surface area contributed by atoms with Crippen LogP contribution in [0.3, 0.4) is 0 Å². The maximum absolute atomic E-state index is 11.9. The molecule has 0 saturated heterocycles. The lowest BCUT2D eigenvalue weighted by Gasteiger charge is -2.08. The van der Waals surface area contributed by atoms with Crippen LogP contribution in [0.1, 0.15) is 10.5 Å². The number of amides is 2. The Hall–Kier alpha value is -2.61. The van der Waals surface area contributed by atoms with Crippen molar-refractivity contribution in [3.8, 4) is 5.75 Å². The van der Waals surface area contributed by atoms with Gasteiger partial charge >= 0.3 is 0 Å². The summed E-state index contributed by atoms with van der Waals surface area (Å²) < 4.78 is 5.29. The molecule has 0 unspecified atom stereocenters. The lowest BCUT2D eigenvalue weighted by molar-refractivity contribution is -0.122. The number of nitrogen functional groups attached to an aromatic ring is 1. The summed E-state index contributed by atoms with van der Waals surface area (Å²) in [5.74, 6) is -0.108. The lowest BCUT2D eigenvalue weighted by Crippen LogP contribution is -2.24. The van der Waals surface area contributed by atoms with Gasteiger partial charge in [0.15, 0.2) is 11.7 Å². The topological polar surface area (TPSA) is 106 Å². The summed E-state index contributed by atoms with van der Waals surface area (Å²) in [7, 11) is 1.53. The van der Waals surface area contributed by atoms with Crippen molar-refractivity contribution in [3.05, 3.63) is 35.3 Å². The van der Waals surface area contributed by atoms with Crippen molar-refractivity contribution >= 4 is 34.0 Å². The number of benzene rings is 1. The van der Waals surface area contributed by atoms with Gasteiger partial charge in [0.05, 0.1) is 0 Å². The molecule has 0 aliphatic rings. The highest BCUT2D eigenvalue weighted by molar-refractivity contribution is 7.13. The van der Waals surface area contributed by atoms with E-state index in [-0.39, 0.29) is 24.1 Å². The number of nitrogens with two attached hydrogens (primary N) is 1. The number of nitrogens with one attached hydrogen (secondary N) is 2. The molecule has 0 aliphatic carbocycles. The Labute approximate surface area is 125 Å². The molecule has 7 nitrogen and oxygen atoms in total. The van der Waals surface area contributed by atoms with Gasteiger partial charge in [-0.25, -0.2) is 4.98 Å². The van der Waals surface area contributed by atoms with Gasteiger partial charge < -0.3 is 21.1 Å². The summed E-state index contributed by atoms with van der Waals surface area (Å²) in [6, 6.07) is 6.74. The van der Waals surface area contributed by atoms with Crippen LogP contribution in [-0.4, -0.2) is 30.5 Å². The molecule has 21 heavy (non-hydrogen) atoms. The van der Waals surface area contributed by atoms with Crippen molar-refractivity contribution in [3.63, 3.8) is 0 Å². The van der Waals surface area contributed by atoms with E-state index in [2.05, 4.69) is 15.6 Å². The molecule has 1 aromatic heterocycles. The summed E-state index contributed by atoms with van der Waals surface area (Å²) in [6.45, 7) is -0.0868. The summed E-state index contributed by atoms with van der Waals surface area (Å²) in [5, 5.41) is 7.05. The predicted molar refractivity (Wildman–Crippen MR) is 80.5 cm³/mol. The number of hydrogen-bond donors (Lipinski definition) is 3. The van der Waals surface area contributed by atoms with Gasteiger partial charge in [0, 0.05) is 24.2 Å². The molecule has 110 valence electrons. The maximum atomic E-state index is 11.9. The Bertz CT molecular complexity index is 656. The highest BCUT2D eigenvalue weighted by atomic mass is 32.1. The first-order chi connectivity index (χ1) is 10.1. The van der Waals surface area contributed by atoms with Crippen molar-refractivity contribution in [2.24, 2.45) is 0 Å². The van der Waals surface area contributed by atoms with E-state index in [0.29, 0.717) is 16.6 Å². The number of rotatable bonds is 5. The largest absolute Gasteiger partial charge is 0.484 e. The number of anilines is 2. The van der Waals surface area contributed by atoms with Crippen LogP contribution < -0.4 is 21.1 Å². The summed E-state index contributed by atoms with van der Waals surface area (Å²) in [6.07, 6.45) is 0. The normalized spacial score (nSPS) is 9.95. The average molecular weight is 306 g/mol. The molecule has 4 N–H and O–H groups in total. The van der Waals surface area contributed by atoms with Gasteiger partial charge in [-0.1, -0.05) is 6.07 Å². The fourth-order valence-corrected chi connectivity index (χ4v) is 2.01. The molecule has 0 radical (unpaired) electrons. The molecule has 0 saturated carbocycles. The van der Waals surface area contributed by atoms with Crippen LogP contribution in [0.5, 0.6) is 5.75 Å². The molecule has 2 amide bonds. The Morgan fingerprint density at radius 1 is 1.43 bits per heavy atom. The molecule has 8 heteroatoms. The number of thiazole rings is 1. The zero-order valence-corrected chi connectivity index (χ0v) is 12.1. The number of hydrogen-bond acceptors (Lipinski definition) is 6. The van der Waals surface area contributed by atoms with Crippen molar-refractivity contribution < 1.29 is 14.3 Å². The van der Waals surface area contributed by atoms with Gasteiger partial charge in [-0.15, -0.1) is 11.3 Å². The van der Waals surface area contributed by atoms with Gasteiger partial charge in [-0.2, -0.15) is 0 Å². The first-order valence-corrected chi connectivity index (χ1v) is 6.92. The highest BCUT2D eigenvalue weighted by Crippen LogP contribution is 2.19. The number of likely N-dealkylation sites (N-methyl/N-ethyl adjacent to an activating group) is 1. The molecule has 2 rings (SSSR count). The summed E-state index contributed by atoms with van der Waals surface area (Å²) in [5.41, 5.74) is 6.29. The van der Waals surface area contributed by atoms with Crippen LogP contribution in [0.2, 0.25) is 0 Å². The number of carbonyl (C=O) groups is 2. The average Bonchev–Trinajstić information content (AvgIpc) is 2.92. The number of nitrogens with zero attached hydrogens (tertiary/aromatic N) is 1. The minimum absolute atomic E-state index is 0.0868. The molecule has 0 spiro atoms. The van der Waals surface area contributed by atoms with E-state index in [1.54, 1.807) is 29.6 Å². The van der Waals surface area contributed by atoms with E-state index >= 15 is 0 Å². The smallest absolute Gasteiger partial charge is 0.275 e. The van der Waals surface area contributed by atoms with Crippen LogP contribution in [0.15, 0.2) is 29.6 Å². The second kappa shape index (κ2) is 6.71. The van der Waals surface area contributed by atoms with Crippen LogP contribution in [0.4, 0.5) is 10.8 Å².